The zero-order valence-electron chi connectivity index (χ0n) is 12.7. The van der Waals surface area contributed by atoms with Gasteiger partial charge in [0.1, 0.15) is 5.58 Å². The van der Waals surface area contributed by atoms with Gasteiger partial charge in [-0.1, -0.05) is 0 Å². The van der Waals surface area contributed by atoms with Crippen LogP contribution in [0, 0.1) is 13.8 Å². The molecule has 4 heteroatoms. The van der Waals surface area contributed by atoms with E-state index in [1.165, 1.54) is 10.5 Å². The van der Waals surface area contributed by atoms with E-state index in [2.05, 4.69) is 0 Å². The van der Waals surface area contributed by atoms with E-state index in [1.54, 1.807) is 27.0 Å². The van der Waals surface area contributed by atoms with E-state index in [0.717, 1.165) is 10.9 Å². The molecule has 4 nitrogen and oxygen atoms in total. The molecule has 0 aliphatic rings. The van der Waals surface area contributed by atoms with Crippen molar-refractivity contribution >= 4 is 16.9 Å². The molecule has 0 saturated heterocycles. The number of fused-ring (bicyclic) bond motifs is 1. The Morgan fingerprint density at radius 3 is 2.45 bits per heavy atom. The van der Waals surface area contributed by atoms with Crippen LogP contribution in [0.3, 0.4) is 0 Å². The average molecular weight is 275 g/mol. The summed E-state index contributed by atoms with van der Waals surface area (Å²) < 4.78 is 5.63. The van der Waals surface area contributed by atoms with Crippen LogP contribution < -0.4 is 0 Å². The molecule has 0 saturated carbocycles. The Hall–Kier alpha value is -1.81. The van der Waals surface area contributed by atoms with Crippen LogP contribution in [0.25, 0.3) is 11.0 Å². The van der Waals surface area contributed by atoms with Gasteiger partial charge in [-0.3, -0.25) is 4.79 Å². The van der Waals surface area contributed by atoms with Crippen LogP contribution in [-0.2, 0) is 0 Å². The molecule has 1 N–H and O–H groups in total. The third-order valence-corrected chi connectivity index (χ3v) is 3.31. The first-order valence-electron chi connectivity index (χ1n) is 6.66. The van der Waals surface area contributed by atoms with Crippen molar-refractivity contribution in [1.82, 2.24) is 4.90 Å². The van der Waals surface area contributed by atoms with E-state index in [9.17, 15) is 9.90 Å². The molecule has 0 bridgehead atoms. The minimum Gasteiger partial charge on any atom is -0.451 e. The lowest BCUT2D eigenvalue weighted by molar-refractivity contribution is 0.0353. The standard InChI is InChI=1S/C16H21NO3/c1-10-6-12-8-14(20-13(12)7-11(10)2)15(18)17(5)9-16(3,4)19/h6-8,19H,9H2,1-5H3. The van der Waals surface area contributed by atoms with Crippen LogP contribution >= 0.6 is 0 Å². The molecule has 0 fully saturated rings. The Balaban J connectivity index is 2.31. The van der Waals surface area contributed by atoms with Gasteiger partial charge in [-0.2, -0.15) is 0 Å². The molecule has 2 rings (SSSR count). The van der Waals surface area contributed by atoms with Crippen LogP contribution in [0.2, 0.25) is 0 Å². The second kappa shape index (κ2) is 4.94. The Kier molecular flexibility index (Phi) is 3.61. The predicted octanol–water partition coefficient (Wildman–Crippen LogP) is 2.89. The minimum absolute atomic E-state index is 0.223. The summed E-state index contributed by atoms with van der Waals surface area (Å²) in [5.74, 6) is 0.0791. The van der Waals surface area contributed by atoms with Crippen LogP contribution in [0.5, 0.6) is 0 Å². The van der Waals surface area contributed by atoms with Gasteiger partial charge in [-0.15, -0.1) is 0 Å². The number of nitrogens with zero attached hydrogens (tertiary/aromatic N) is 1. The largest absolute Gasteiger partial charge is 0.451 e. The average Bonchev–Trinajstić information content (AvgIpc) is 2.69. The van der Waals surface area contributed by atoms with Crippen LogP contribution in [-0.4, -0.2) is 35.1 Å². The molecule has 0 unspecified atom stereocenters. The number of benzene rings is 1. The number of likely N-dealkylation sites (N-methyl/N-ethyl adjacent to an activating group) is 1. The fourth-order valence-electron chi connectivity index (χ4n) is 2.25. The molecule has 0 atom stereocenters. The summed E-state index contributed by atoms with van der Waals surface area (Å²) in [7, 11) is 1.66. The lowest BCUT2D eigenvalue weighted by atomic mass is 10.1. The first-order chi connectivity index (χ1) is 9.17. The van der Waals surface area contributed by atoms with Crippen molar-refractivity contribution in [3.8, 4) is 0 Å². The smallest absolute Gasteiger partial charge is 0.289 e. The maximum absolute atomic E-state index is 12.3. The van der Waals surface area contributed by atoms with Crippen LogP contribution in [0.15, 0.2) is 22.6 Å². The SMILES string of the molecule is Cc1cc2cc(C(=O)N(C)CC(C)(C)O)oc2cc1C. The Labute approximate surface area is 119 Å². The third kappa shape index (κ3) is 3.02. The molecule has 1 amide bonds. The van der Waals surface area contributed by atoms with Gasteiger partial charge < -0.3 is 14.4 Å². The third-order valence-electron chi connectivity index (χ3n) is 3.31. The molecule has 1 aromatic heterocycles. The number of hydrogen-bond donors (Lipinski definition) is 1. The van der Waals surface area contributed by atoms with Crippen molar-refractivity contribution in [2.45, 2.75) is 33.3 Å². The Bertz CT molecular complexity index is 611. The summed E-state index contributed by atoms with van der Waals surface area (Å²) in [5, 5.41) is 10.7. The van der Waals surface area contributed by atoms with Gasteiger partial charge in [-0.25, -0.2) is 0 Å². The van der Waals surface area contributed by atoms with E-state index < -0.39 is 5.60 Å². The molecule has 0 aliphatic heterocycles. The molecule has 20 heavy (non-hydrogen) atoms. The first kappa shape index (κ1) is 14.6. The highest BCUT2D eigenvalue weighted by Gasteiger charge is 2.22. The fourth-order valence-corrected chi connectivity index (χ4v) is 2.25. The highest BCUT2D eigenvalue weighted by molar-refractivity contribution is 5.96. The maximum atomic E-state index is 12.3. The van der Waals surface area contributed by atoms with E-state index in [4.69, 9.17) is 4.42 Å². The molecule has 0 spiro atoms. The quantitative estimate of drug-likeness (QED) is 0.937. The van der Waals surface area contributed by atoms with Crippen LogP contribution in [0.4, 0.5) is 0 Å². The maximum Gasteiger partial charge on any atom is 0.289 e. The summed E-state index contributed by atoms with van der Waals surface area (Å²) in [6.45, 7) is 7.63. The van der Waals surface area contributed by atoms with Crippen molar-refractivity contribution < 1.29 is 14.3 Å². The van der Waals surface area contributed by atoms with Gasteiger partial charge >= 0.3 is 0 Å². The van der Waals surface area contributed by atoms with Gasteiger partial charge in [0.05, 0.1) is 5.60 Å². The molecule has 1 aromatic carbocycles. The monoisotopic (exact) mass is 275 g/mol. The van der Waals surface area contributed by atoms with E-state index in [0.29, 0.717) is 11.3 Å². The first-order valence-corrected chi connectivity index (χ1v) is 6.66. The van der Waals surface area contributed by atoms with Gasteiger partial charge in [0.25, 0.3) is 5.91 Å². The highest BCUT2D eigenvalue weighted by atomic mass is 16.3. The summed E-state index contributed by atoms with van der Waals surface area (Å²) in [6.07, 6.45) is 0. The fraction of sp³-hybridized carbons (Fsp3) is 0.438. The van der Waals surface area contributed by atoms with E-state index in [1.807, 2.05) is 26.0 Å². The van der Waals surface area contributed by atoms with Crippen molar-refractivity contribution in [3.63, 3.8) is 0 Å². The second-order valence-electron chi connectivity index (χ2n) is 6.06. The minimum atomic E-state index is -0.927. The molecule has 2 aromatic rings. The van der Waals surface area contributed by atoms with Crippen molar-refractivity contribution in [2.24, 2.45) is 0 Å². The summed E-state index contributed by atoms with van der Waals surface area (Å²) in [4.78, 5) is 13.8. The van der Waals surface area contributed by atoms with Gasteiger partial charge in [0.2, 0.25) is 0 Å². The van der Waals surface area contributed by atoms with Crippen molar-refractivity contribution in [1.29, 1.82) is 0 Å². The number of hydrogen-bond acceptors (Lipinski definition) is 3. The molecular weight excluding hydrogens is 254 g/mol. The Morgan fingerprint density at radius 1 is 1.25 bits per heavy atom. The number of amides is 1. The zero-order valence-corrected chi connectivity index (χ0v) is 12.7. The number of carbonyl (C=O) groups excluding carboxylic acids is 1. The van der Waals surface area contributed by atoms with Crippen molar-refractivity contribution in [3.05, 3.63) is 35.1 Å². The Morgan fingerprint density at radius 2 is 1.85 bits per heavy atom. The number of furan rings is 1. The molecule has 108 valence electrons. The molecular formula is C16H21NO3. The number of carbonyl (C=O) groups is 1. The van der Waals surface area contributed by atoms with Crippen molar-refractivity contribution in [2.75, 3.05) is 13.6 Å². The molecule has 0 radical (unpaired) electrons. The summed E-state index contributed by atoms with van der Waals surface area (Å²) >= 11 is 0. The predicted molar refractivity (Wildman–Crippen MR) is 78.9 cm³/mol. The molecule has 0 aliphatic carbocycles. The van der Waals surface area contributed by atoms with Gasteiger partial charge in [0.15, 0.2) is 5.76 Å². The number of aliphatic hydroxyl groups is 1. The summed E-state index contributed by atoms with van der Waals surface area (Å²) in [6, 6.07) is 5.71. The van der Waals surface area contributed by atoms with Gasteiger partial charge in [0, 0.05) is 19.0 Å². The lowest BCUT2D eigenvalue weighted by Crippen LogP contribution is -2.39. The second-order valence-corrected chi connectivity index (χ2v) is 6.06. The zero-order chi connectivity index (χ0) is 15.1. The normalized spacial score (nSPS) is 11.9. The van der Waals surface area contributed by atoms with E-state index >= 15 is 0 Å². The highest BCUT2D eigenvalue weighted by Crippen LogP contribution is 2.24. The topological polar surface area (TPSA) is 53.7 Å². The molecule has 1 heterocycles. The van der Waals surface area contributed by atoms with Crippen LogP contribution in [0.1, 0.15) is 35.5 Å². The summed E-state index contributed by atoms with van der Waals surface area (Å²) in [5.41, 5.74) is 2.09. The van der Waals surface area contributed by atoms with E-state index in [-0.39, 0.29) is 12.5 Å². The van der Waals surface area contributed by atoms with Gasteiger partial charge in [-0.05, 0) is 57.0 Å². The lowest BCUT2D eigenvalue weighted by Gasteiger charge is -2.24. The number of aryl methyl sites for hydroxylation is 2. The number of rotatable bonds is 3.